The van der Waals surface area contributed by atoms with Gasteiger partial charge in [0.25, 0.3) is 0 Å². The third-order valence-electron chi connectivity index (χ3n) is 11.5. The summed E-state index contributed by atoms with van der Waals surface area (Å²) in [7, 11) is 0. The zero-order chi connectivity index (χ0) is 48.6. The molecule has 0 radical (unpaired) electrons. The van der Waals surface area contributed by atoms with Gasteiger partial charge in [-0.25, -0.2) is 0 Å². The predicted octanol–water partition coefficient (Wildman–Crippen LogP) is 18.5. The molecule has 6 nitrogen and oxygen atoms in total. The van der Waals surface area contributed by atoms with Crippen LogP contribution in [-0.2, 0) is 28.6 Å². The summed E-state index contributed by atoms with van der Waals surface area (Å²) in [6.45, 7) is 6.43. The molecule has 0 aromatic carbocycles. The Labute approximate surface area is 413 Å². The van der Waals surface area contributed by atoms with Crippen LogP contribution in [0.5, 0.6) is 0 Å². The fourth-order valence-electron chi connectivity index (χ4n) is 7.36. The third-order valence-corrected chi connectivity index (χ3v) is 11.5. The summed E-state index contributed by atoms with van der Waals surface area (Å²) in [6.07, 6.45) is 72.4. The van der Waals surface area contributed by atoms with E-state index in [1.807, 2.05) is 0 Å². The molecule has 0 saturated heterocycles. The molecule has 67 heavy (non-hydrogen) atoms. The Morgan fingerprint density at radius 3 is 0.955 bits per heavy atom. The SMILES string of the molecule is CC/C=C\C/C=C\C/C=C\C/C=C\CCCCCCCCC(=O)OCC(COC(=O)CCCCCCC/C=C\C/C=C\CCCC)OC(=O)CCCCCCC/C=C\C/C=C\CCCCCC. The number of unbranched alkanes of at least 4 members (excludes halogenated alkanes) is 22. The van der Waals surface area contributed by atoms with E-state index < -0.39 is 6.10 Å². The van der Waals surface area contributed by atoms with Crippen molar-refractivity contribution in [3.8, 4) is 0 Å². The molecule has 0 heterocycles. The minimum atomic E-state index is -0.798. The molecule has 0 saturated carbocycles. The highest BCUT2D eigenvalue weighted by Crippen LogP contribution is 2.14. The zero-order valence-electron chi connectivity index (χ0n) is 43.6. The number of carbonyl (C=O) groups is 3. The Kier molecular flexibility index (Phi) is 51.9. The molecule has 1 unspecified atom stereocenters. The molecule has 0 amide bonds. The summed E-state index contributed by atoms with van der Waals surface area (Å²) in [5.74, 6) is -0.936. The second kappa shape index (κ2) is 54.9. The van der Waals surface area contributed by atoms with Crippen molar-refractivity contribution in [1.82, 2.24) is 0 Å². The molecule has 0 bridgehead atoms. The van der Waals surface area contributed by atoms with Crippen LogP contribution in [0.15, 0.2) is 97.2 Å². The summed E-state index contributed by atoms with van der Waals surface area (Å²) >= 11 is 0. The number of hydrogen-bond acceptors (Lipinski definition) is 6. The van der Waals surface area contributed by atoms with Crippen LogP contribution in [0.2, 0.25) is 0 Å². The van der Waals surface area contributed by atoms with Gasteiger partial charge in [-0.1, -0.05) is 214 Å². The van der Waals surface area contributed by atoms with Crippen molar-refractivity contribution in [3.05, 3.63) is 97.2 Å². The first kappa shape index (κ1) is 63.3. The topological polar surface area (TPSA) is 78.9 Å². The van der Waals surface area contributed by atoms with Gasteiger partial charge < -0.3 is 14.2 Å². The van der Waals surface area contributed by atoms with Gasteiger partial charge in [0.05, 0.1) is 0 Å². The molecule has 6 heteroatoms. The summed E-state index contributed by atoms with van der Waals surface area (Å²) in [6, 6.07) is 0. The Hall–Kier alpha value is -3.67. The molecule has 0 aromatic rings. The van der Waals surface area contributed by atoms with Gasteiger partial charge in [-0.05, 0) is 116 Å². The van der Waals surface area contributed by atoms with Gasteiger partial charge in [-0.3, -0.25) is 14.4 Å². The quantitative estimate of drug-likeness (QED) is 0.0262. The van der Waals surface area contributed by atoms with Crippen molar-refractivity contribution >= 4 is 17.9 Å². The van der Waals surface area contributed by atoms with Gasteiger partial charge in [0.15, 0.2) is 6.10 Å². The molecule has 0 spiro atoms. The summed E-state index contributed by atoms with van der Waals surface area (Å²) in [4.78, 5) is 38.1. The number of carbonyl (C=O) groups excluding carboxylic acids is 3. The molecule has 0 aliphatic rings. The summed E-state index contributed by atoms with van der Waals surface area (Å²) in [5.41, 5.74) is 0. The van der Waals surface area contributed by atoms with Crippen LogP contribution < -0.4 is 0 Å². The van der Waals surface area contributed by atoms with Gasteiger partial charge >= 0.3 is 17.9 Å². The van der Waals surface area contributed by atoms with Crippen LogP contribution in [0.1, 0.15) is 252 Å². The van der Waals surface area contributed by atoms with Gasteiger partial charge in [0.1, 0.15) is 13.2 Å². The van der Waals surface area contributed by atoms with Gasteiger partial charge in [-0.15, -0.1) is 0 Å². The van der Waals surface area contributed by atoms with E-state index in [9.17, 15) is 14.4 Å². The van der Waals surface area contributed by atoms with E-state index >= 15 is 0 Å². The number of esters is 3. The number of hydrogen-bond donors (Lipinski definition) is 0. The predicted molar refractivity (Wildman–Crippen MR) is 288 cm³/mol. The van der Waals surface area contributed by atoms with E-state index in [0.717, 1.165) is 148 Å². The fourth-order valence-corrected chi connectivity index (χ4v) is 7.36. The molecule has 0 rings (SSSR count). The average Bonchev–Trinajstić information content (AvgIpc) is 3.33. The molecule has 0 aliphatic heterocycles. The standard InChI is InChI=1S/C61H102O6/c1-4-7-10-13-16-19-22-25-28-30-31-32-34-36-39-42-45-48-51-54-60(63)66-57-58(56-65-59(62)53-50-47-44-41-38-35-27-24-21-18-15-12-9-6-3)67-61(64)55-52-49-46-43-40-37-33-29-26-23-20-17-14-11-8-5-2/h7,10,15-16,18-20,23-25,27-29,31-33,58H,4-6,8-9,11-14,17,21-22,26,30,34-57H2,1-3H3/b10-7-,18-15-,19-16-,23-20-,27-24-,28-25-,32-31-,33-29-. The molecule has 0 aromatic heterocycles. The van der Waals surface area contributed by atoms with Crippen molar-refractivity contribution in [1.29, 1.82) is 0 Å². The number of ether oxygens (including phenoxy) is 3. The Bertz CT molecular complexity index is 1350. The summed E-state index contributed by atoms with van der Waals surface area (Å²) < 4.78 is 16.8. The number of rotatable bonds is 49. The zero-order valence-corrected chi connectivity index (χ0v) is 43.6. The lowest BCUT2D eigenvalue weighted by atomic mass is 10.1. The van der Waals surface area contributed by atoms with Gasteiger partial charge in [0.2, 0.25) is 0 Å². The van der Waals surface area contributed by atoms with Crippen molar-refractivity contribution in [3.63, 3.8) is 0 Å². The van der Waals surface area contributed by atoms with E-state index in [1.165, 1.54) is 64.2 Å². The van der Waals surface area contributed by atoms with Gasteiger partial charge in [0, 0.05) is 19.3 Å². The highest BCUT2D eigenvalue weighted by Gasteiger charge is 2.19. The first-order valence-electron chi connectivity index (χ1n) is 27.7. The molecule has 0 aliphatic carbocycles. The van der Waals surface area contributed by atoms with Crippen LogP contribution in [0.3, 0.4) is 0 Å². The van der Waals surface area contributed by atoms with Crippen molar-refractivity contribution in [2.75, 3.05) is 13.2 Å². The van der Waals surface area contributed by atoms with Gasteiger partial charge in [-0.2, -0.15) is 0 Å². The Morgan fingerprint density at radius 2 is 0.597 bits per heavy atom. The second-order valence-electron chi connectivity index (χ2n) is 18.1. The molecular weight excluding hydrogens is 829 g/mol. The lowest BCUT2D eigenvalue weighted by Crippen LogP contribution is -2.30. The minimum Gasteiger partial charge on any atom is -0.462 e. The van der Waals surface area contributed by atoms with Crippen LogP contribution in [-0.4, -0.2) is 37.2 Å². The molecule has 1 atom stereocenters. The van der Waals surface area contributed by atoms with Crippen LogP contribution >= 0.6 is 0 Å². The smallest absolute Gasteiger partial charge is 0.306 e. The molecule has 0 fully saturated rings. The Morgan fingerprint density at radius 1 is 0.313 bits per heavy atom. The largest absolute Gasteiger partial charge is 0.462 e. The first-order valence-corrected chi connectivity index (χ1v) is 27.7. The lowest BCUT2D eigenvalue weighted by molar-refractivity contribution is -0.167. The van der Waals surface area contributed by atoms with Crippen LogP contribution in [0.25, 0.3) is 0 Å². The van der Waals surface area contributed by atoms with Crippen molar-refractivity contribution < 1.29 is 28.6 Å². The monoisotopic (exact) mass is 931 g/mol. The number of allylic oxidation sites excluding steroid dienone is 16. The average molecular weight is 931 g/mol. The highest BCUT2D eigenvalue weighted by molar-refractivity contribution is 5.71. The highest BCUT2D eigenvalue weighted by atomic mass is 16.6. The van der Waals surface area contributed by atoms with E-state index in [-0.39, 0.29) is 31.1 Å². The van der Waals surface area contributed by atoms with Crippen molar-refractivity contribution in [2.45, 2.75) is 258 Å². The van der Waals surface area contributed by atoms with Crippen molar-refractivity contribution in [2.24, 2.45) is 0 Å². The molecule has 382 valence electrons. The lowest BCUT2D eigenvalue weighted by Gasteiger charge is -2.18. The third kappa shape index (κ3) is 53.2. The second-order valence-corrected chi connectivity index (χ2v) is 18.1. The van der Waals surface area contributed by atoms with Crippen LogP contribution in [0.4, 0.5) is 0 Å². The molecular formula is C61H102O6. The minimum absolute atomic E-state index is 0.0961. The van der Waals surface area contributed by atoms with E-state index in [1.54, 1.807) is 0 Å². The van der Waals surface area contributed by atoms with E-state index in [0.29, 0.717) is 19.3 Å². The maximum absolute atomic E-state index is 12.8. The summed E-state index contributed by atoms with van der Waals surface area (Å²) in [5, 5.41) is 0. The maximum Gasteiger partial charge on any atom is 0.306 e. The Balaban J connectivity index is 4.46. The maximum atomic E-state index is 12.8. The van der Waals surface area contributed by atoms with E-state index in [4.69, 9.17) is 14.2 Å². The fraction of sp³-hybridized carbons (Fsp3) is 0.689. The van der Waals surface area contributed by atoms with E-state index in [2.05, 4.69) is 118 Å². The van der Waals surface area contributed by atoms with Crippen LogP contribution in [0, 0.1) is 0 Å². The first-order chi connectivity index (χ1) is 33.0. The molecule has 0 N–H and O–H groups in total. The normalized spacial score (nSPS) is 12.8.